The molecule has 150 valence electrons. The van der Waals surface area contributed by atoms with Gasteiger partial charge in [-0.25, -0.2) is 4.79 Å². The van der Waals surface area contributed by atoms with Gasteiger partial charge in [0.2, 0.25) is 5.91 Å². The number of carbonyl (C=O) groups excluding carboxylic acids is 2. The van der Waals surface area contributed by atoms with E-state index >= 15 is 0 Å². The summed E-state index contributed by atoms with van der Waals surface area (Å²) in [6, 6.07) is 7.00. The molecule has 1 aromatic carbocycles. The van der Waals surface area contributed by atoms with E-state index in [0.29, 0.717) is 18.7 Å². The average molecular weight is 388 g/mol. The second-order valence-corrected chi connectivity index (χ2v) is 6.55. The van der Waals surface area contributed by atoms with Crippen LogP contribution in [-0.4, -0.2) is 42.6 Å². The summed E-state index contributed by atoms with van der Waals surface area (Å²) in [6.07, 6.45) is 1.84. The number of hydrogen-bond donors (Lipinski definition) is 3. The van der Waals surface area contributed by atoms with Crippen molar-refractivity contribution < 1.29 is 28.6 Å². The van der Waals surface area contributed by atoms with Crippen LogP contribution in [0.15, 0.2) is 41.0 Å². The molecular weight excluding hydrogens is 364 g/mol. The lowest BCUT2D eigenvalue weighted by Gasteiger charge is -2.21. The summed E-state index contributed by atoms with van der Waals surface area (Å²) in [4.78, 5) is 35.7. The van der Waals surface area contributed by atoms with E-state index in [1.54, 1.807) is 12.1 Å². The Hall–Kier alpha value is -3.29. The Bertz CT molecular complexity index is 829. The van der Waals surface area contributed by atoms with E-state index in [2.05, 4.69) is 10.6 Å². The Labute approximate surface area is 162 Å². The Morgan fingerprint density at radius 1 is 1.21 bits per heavy atom. The van der Waals surface area contributed by atoms with Gasteiger partial charge in [0.25, 0.3) is 5.91 Å². The van der Waals surface area contributed by atoms with Crippen molar-refractivity contribution in [2.24, 2.45) is 5.92 Å². The number of rotatable bonds is 9. The van der Waals surface area contributed by atoms with Crippen molar-refractivity contribution in [2.45, 2.75) is 26.3 Å². The van der Waals surface area contributed by atoms with Crippen molar-refractivity contribution >= 4 is 17.8 Å². The molecule has 0 spiro atoms. The first kappa shape index (κ1) is 21.0. The minimum Gasteiger partial charge on any atom is -0.496 e. The van der Waals surface area contributed by atoms with Gasteiger partial charge in [-0.15, -0.1) is 0 Å². The maximum absolute atomic E-state index is 12.5. The molecule has 1 aromatic heterocycles. The Balaban J connectivity index is 1.96. The minimum atomic E-state index is -1.04. The molecule has 1 atom stereocenters. The first-order valence-corrected chi connectivity index (χ1v) is 8.85. The standard InChI is InChI=1S/C20H24N2O6/c1-12(2)17(22-18(23)15-5-4-10-28-15)19(24)21-9-8-13-6-7-14(20(25)26)11-16(13)27-3/h4-7,10-12,17H,8-9H2,1-3H3,(H,21,24)(H,22,23)(H,25,26). The first-order valence-electron chi connectivity index (χ1n) is 8.85. The van der Waals surface area contributed by atoms with Crippen LogP contribution < -0.4 is 15.4 Å². The monoisotopic (exact) mass is 388 g/mol. The Morgan fingerprint density at radius 2 is 1.96 bits per heavy atom. The molecule has 2 rings (SSSR count). The third-order valence-electron chi connectivity index (χ3n) is 4.21. The smallest absolute Gasteiger partial charge is 0.335 e. The van der Waals surface area contributed by atoms with Crippen molar-refractivity contribution in [1.29, 1.82) is 0 Å². The molecule has 0 aliphatic heterocycles. The number of carboxylic acids is 1. The molecule has 0 aliphatic rings. The fraction of sp³-hybridized carbons (Fsp3) is 0.350. The quantitative estimate of drug-likeness (QED) is 0.605. The van der Waals surface area contributed by atoms with Crippen LogP contribution in [0.25, 0.3) is 0 Å². The largest absolute Gasteiger partial charge is 0.496 e. The van der Waals surface area contributed by atoms with Gasteiger partial charge in [-0.1, -0.05) is 19.9 Å². The fourth-order valence-corrected chi connectivity index (χ4v) is 2.67. The topological polar surface area (TPSA) is 118 Å². The predicted molar refractivity (Wildman–Crippen MR) is 101 cm³/mol. The van der Waals surface area contributed by atoms with Gasteiger partial charge < -0.3 is 24.9 Å². The van der Waals surface area contributed by atoms with Crippen molar-refractivity contribution in [3.05, 3.63) is 53.5 Å². The number of methoxy groups -OCH3 is 1. The van der Waals surface area contributed by atoms with Crippen LogP contribution in [0.3, 0.4) is 0 Å². The molecule has 1 unspecified atom stereocenters. The van der Waals surface area contributed by atoms with Gasteiger partial charge in [0.15, 0.2) is 5.76 Å². The molecule has 8 nitrogen and oxygen atoms in total. The molecule has 0 bridgehead atoms. The summed E-state index contributed by atoms with van der Waals surface area (Å²) >= 11 is 0. The van der Waals surface area contributed by atoms with E-state index < -0.39 is 17.9 Å². The molecule has 8 heteroatoms. The van der Waals surface area contributed by atoms with E-state index in [1.165, 1.54) is 31.6 Å². The highest BCUT2D eigenvalue weighted by Gasteiger charge is 2.25. The lowest BCUT2D eigenvalue weighted by molar-refractivity contribution is -0.123. The van der Waals surface area contributed by atoms with E-state index in [1.807, 2.05) is 13.8 Å². The van der Waals surface area contributed by atoms with E-state index in [4.69, 9.17) is 14.3 Å². The normalized spacial score (nSPS) is 11.7. The number of furan rings is 1. The van der Waals surface area contributed by atoms with Crippen LogP contribution in [0, 0.1) is 5.92 Å². The second kappa shape index (κ2) is 9.59. The van der Waals surface area contributed by atoms with Gasteiger partial charge in [-0.3, -0.25) is 9.59 Å². The molecule has 2 aromatic rings. The second-order valence-electron chi connectivity index (χ2n) is 6.55. The summed E-state index contributed by atoms with van der Waals surface area (Å²) in [6.45, 7) is 3.97. The molecule has 0 fully saturated rings. The molecule has 3 N–H and O–H groups in total. The number of aromatic carboxylic acids is 1. The van der Waals surface area contributed by atoms with Crippen LogP contribution in [-0.2, 0) is 11.2 Å². The van der Waals surface area contributed by atoms with Crippen molar-refractivity contribution in [3.8, 4) is 5.75 Å². The molecular formula is C20H24N2O6. The summed E-state index contributed by atoms with van der Waals surface area (Å²) in [5.41, 5.74) is 0.902. The van der Waals surface area contributed by atoms with Crippen LogP contribution in [0.4, 0.5) is 0 Å². The third-order valence-corrected chi connectivity index (χ3v) is 4.21. The van der Waals surface area contributed by atoms with Crippen molar-refractivity contribution in [1.82, 2.24) is 10.6 Å². The van der Waals surface area contributed by atoms with E-state index in [-0.39, 0.29) is 23.1 Å². The molecule has 0 saturated carbocycles. The predicted octanol–water partition coefficient (Wildman–Crippen LogP) is 2.10. The van der Waals surface area contributed by atoms with Gasteiger partial charge in [-0.05, 0) is 42.2 Å². The zero-order valence-corrected chi connectivity index (χ0v) is 16.0. The van der Waals surface area contributed by atoms with E-state index in [9.17, 15) is 14.4 Å². The van der Waals surface area contributed by atoms with Crippen LogP contribution in [0.2, 0.25) is 0 Å². The average Bonchev–Trinajstić information content (AvgIpc) is 3.20. The summed E-state index contributed by atoms with van der Waals surface area (Å²) < 4.78 is 10.3. The lowest BCUT2D eigenvalue weighted by atomic mass is 10.0. The number of amides is 2. The lowest BCUT2D eigenvalue weighted by Crippen LogP contribution is -2.50. The molecule has 28 heavy (non-hydrogen) atoms. The molecule has 0 radical (unpaired) electrons. The highest BCUT2D eigenvalue weighted by Crippen LogP contribution is 2.20. The molecule has 0 aliphatic carbocycles. The number of nitrogens with one attached hydrogen (secondary N) is 2. The number of ether oxygens (including phenoxy) is 1. The van der Waals surface area contributed by atoms with E-state index in [0.717, 1.165) is 5.56 Å². The zero-order valence-electron chi connectivity index (χ0n) is 16.0. The Morgan fingerprint density at radius 3 is 2.54 bits per heavy atom. The van der Waals surface area contributed by atoms with Gasteiger partial charge in [-0.2, -0.15) is 0 Å². The van der Waals surface area contributed by atoms with Crippen LogP contribution in [0.5, 0.6) is 5.75 Å². The molecule has 2 amide bonds. The van der Waals surface area contributed by atoms with Crippen LogP contribution >= 0.6 is 0 Å². The number of carboxylic acid groups (broad SMARTS) is 1. The molecule has 1 heterocycles. The summed E-state index contributed by atoms with van der Waals surface area (Å²) in [5.74, 6) is -1.34. The van der Waals surface area contributed by atoms with Crippen molar-refractivity contribution in [2.75, 3.05) is 13.7 Å². The maximum Gasteiger partial charge on any atom is 0.335 e. The van der Waals surface area contributed by atoms with Gasteiger partial charge in [0.1, 0.15) is 11.8 Å². The van der Waals surface area contributed by atoms with Gasteiger partial charge >= 0.3 is 5.97 Å². The number of benzene rings is 1. The fourth-order valence-electron chi connectivity index (χ4n) is 2.67. The maximum atomic E-state index is 12.5. The highest BCUT2D eigenvalue weighted by molar-refractivity contribution is 5.95. The first-order chi connectivity index (χ1) is 13.3. The highest BCUT2D eigenvalue weighted by atomic mass is 16.5. The Kier molecular flexibility index (Phi) is 7.20. The van der Waals surface area contributed by atoms with Crippen LogP contribution in [0.1, 0.15) is 40.3 Å². The minimum absolute atomic E-state index is 0.122. The summed E-state index contributed by atoms with van der Waals surface area (Å²) in [5, 5.41) is 14.5. The van der Waals surface area contributed by atoms with Gasteiger partial charge in [0, 0.05) is 6.54 Å². The summed E-state index contributed by atoms with van der Waals surface area (Å²) in [7, 11) is 1.46. The SMILES string of the molecule is COc1cc(C(=O)O)ccc1CCNC(=O)C(NC(=O)c1ccco1)C(C)C. The molecule has 0 saturated heterocycles. The van der Waals surface area contributed by atoms with Gasteiger partial charge in [0.05, 0.1) is 18.9 Å². The zero-order chi connectivity index (χ0) is 20.7. The number of hydrogen-bond acceptors (Lipinski definition) is 5. The van der Waals surface area contributed by atoms with Crippen molar-refractivity contribution in [3.63, 3.8) is 0 Å². The third kappa shape index (κ3) is 5.35. The number of carbonyl (C=O) groups is 3.